The molecule has 0 aromatic rings. The van der Waals surface area contributed by atoms with E-state index in [1.165, 1.54) is 38.5 Å². The number of hydrogen-bond donors (Lipinski definition) is 0. The first-order chi connectivity index (χ1) is 26.0. The lowest BCUT2D eigenvalue weighted by Gasteiger charge is -2.18. The topological polar surface area (TPSA) is 78.9 Å². The fourth-order valence-corrected chi connectivity index (χ4v) is 5.53. The molecule has 6 nitrogen and oxygen atoms in total. The highest BCUT2D eigenvalue weighted by Crippen LogP contribution is 2.12. The first kappa shape index (κ1) is 49.9. The Labute approximate surface area is 325 Å². The molecule has 0 aliphatic rings. The second-order valence-corrected chi connectivity index (χ2v) is 13.8. The van der Waals surface area contributed by atoms with E-state index >= 15 is 0 Å². The van der Waals surface area contributed by atoms with Crippen LogP contribution in [-0.2, 0) is 28.6 Å². The minimum Gasteiger partial charge on any atom is -0.462 e. The molecule has 0 rings (SSSR count). The summed E-state index contributed by atoms with van der Waals surface area (Å²) >= 11 is 0. The van der Waals surface area contributed by atoms with Gasteiger partial charge in [0.2, 0.25) is 0 Å². The number of carbonyl (C=O) groups is 3. The zero-order valence-corrected chi connectivity index (χ0v) is 34.3. The van der Waals surface area contributed by atoms with E-state index in [9.17, 15) is 14.4 Å². The molecule has 0 saturated carbocycles. The Morgan fingerprint density at radius 3 is 1.19 bits per heavy atom. The van der Waals surface area contributed by atoms with E-state index in [1.807, 2.05) is 0 Å². The summed E-state index contributed by atoms with van der Waals surface area (Å²) < 4.78 is 16.6. The lowest BCUT2D eigenvalue weighted by atomic mass is 10.1. The molecule has 0 aliphatic heterocycles. The second kappa shape index (κ2) is 41.6. The first-order valence-electron chi connectivity index (χ1n) is 21.4. The number of esters is 3. The summed E-state index contributed by atoms with van der Waals surface area (Å²) in [5, 5.41) is 0. The first-order valence-corrected chi connectivity index (χ1v) is 21.4. The van der Waals surface area contributed by atoms with E-state index in [0.29, 0.717) is 19.3 Å². The average molecular weight is 739 g/mol. The summed E-state index contributed by atoms with van der Waals surface area (Å²) in [6.07, 6.45) is 50.3. The van der Waals surface area contributed by atoms with Crippen LogP contribution in [-0.4, -0.2) is 37.2 Å². The van der Waals surface area contributed by atoms with Crippen LogP contribution in [0.5, 0.6) is 0 Å². The van der Waals surface area contributed by atoms with E-state index in [1.54, 1.807) is 0 Å². The molecule has 0 aromatic carbocycles. The number of rotatable bonds is 37. The molecule has 302 valence electrons. The third kappa shape index (κ3) is 39.9. The van der Waals surface area contributed by atoms with Crippen molar-refractivity contribution in [2.24, 2.45) is 0 Å². The molecule has 6 heteroatoms. The van der Waals surface area contributed by atoms with E-state index in [-0.39, 0.29) is 37.5 Å². The van der Waals surface area contributed by atoms with E-state index in [0.717, 1.165) is 103 Å². The van der Waals surface area contributed by atoms with Crippen molar-refractivity contribution in [3.05, 3.63) is 72.9 Å². The fraction of sp³-hybridized carbons (Fsp3) is 0.681. The quantitative estimate of drug-likeness (QED) is 0.0273. The van der Waals surface area contributed by atoms with Crippen molar-refractivity contribution in [1.82, 2.24) is 0 Å². The third-order valence-corrected chi connectivity index (χ3v) is 8.71. The predicted molar refractivity (Wildman–Crippen MR) is 224 cm³/mol. The van der Waals surface area contributed by atoms with Gasteiger partial charge in [-0.15, -0.1) is 0 Å². The van der Waals surface area contributed by atoms with Gasteiger partial charge in [0.15, 0.2) is 6.10 Å². The summed E-state index contributed by atoms with van der Waals surface area (Å²) in [5.41, 5.74) is 0. The van der Waals surface area contributed by atoms with Crippen molar-refractivity contribution in [3.63, 3.8) is 0 Å². The molecule has 53 heavy (non-hydrogen) atoms. The van der Waals surface area contributed by atoms with Crippen LogP contribution in [0.3, 0.4) is 0 Å². The highest BCUT2D eigenvalue weighted by molar-refractivity contribution is 5.71. The van der Waals surface area contributed by atoms with Crippen molar-refractivity contribution in [3.8, 4) is 0 Å². The van der Waals surface area contributed by atoms with Crippen molar-refractivity contribution < 1.29 is 28.6 Å². The molecule has 0 amide bonds. The van der Waals surface area contributed by atoms with Crippen LogP contribution in [0.25, 0.3) is 0 Å². The van der Waals surface area contributed by atoms with Crippen LogP contribution in [0.1, 0.15) is 188 Å². The highest BCUT2D eigenvalue weighted by atomic mass is 16.6. The molecule has 0 radical (unpaired) electrons. The van der Waals surface area contributed by atoms with Crippen LogP contribution >= 0.6 is 0 Å². The SMILES string of the molecule is CC/C=C\C/C=C\C/C=C\CCCCCCC(=O)OCC(COC(=O)CCCCCCCCCCC)OC(=O)CCCC/C=C\C/C=C\C/C=C\CC. The predicted octanol–water partition coefficient (Wildman–Crippen LogP) is 13.5. The monoisotopic (exact) mass is 739 g/mol. The van der Waals surface area contributed by atoms with E-state index in [2.05, 4.69) is 93.7 Å². The maximum Gasteiger partial charge on any atom is 0.306 e. The number of carbonyl (C=O) groups excluding carboxylic acids is 3. The van der Waals surface area contributed by atoms with Crippen molar-refractivity contribution in [2.45, 2.75) is 194 Å². The zero-order chi connectivity index (χ0) is 38.7. The number of allylic oxidation sites excluding steroid dienone is 12. The van der Waals surface area contributed by atoms with Gasteiger partial charge in [-0.05, 0) is 83.5 Å². The van der Waals surface area contributed by atoms with Crippen LogP contribution in [0, 0.1) is 0 Å². The maximum atomic E-state index is 12.7. The molecule has 1 atom stereocenters. The minimum absolute atomic E-state index is 0.0982. The number of hydrogen-bond acceptors (Lipinski definition) is 6. The lowest BCUT2D eigenvalue weighted by Crippen LogP contribution is -2.30. The lowest BCUT2D eigenvalue weighted by molar-refractivity contribution is -0.167. The molecule has 0 aliphatic carbocycles. The van der Waals surface area contributed by atoms with Crippen LogP contribution in [0.4, 0.5) is 0 Å². The van der Waals surface area contributed by atoms with Gasteiger partial charge in [-0.2, -0.15) is 0 Å². The molecule has 0 bridgehead atoms. The standard InChI is InChI=1S/C47H78O6/c1-4-7-10-13-16-19-21-23-24-26-28-31-34-37-40-46(49)52-43-44(42-51-45(48)39-36-33-30-27-18-15-12-9-6-3)53-47(50)41-38-35-32-29-25-22-20-17-14-11-8-5-2/h7-8,10-11,16-17,19-20,23-25,29,44H,4-6,9,12-15,18,21-22,26-28,30-43H2,1-3H3/b10-7-,11-8-,19-16-,20-17-,24-23-,29-25-. The molecule has 0 aromatic heterocycles. The summed E-state index contributed by atoms with van der Waals surface area (Å²) in [4.78, 5) is 37.6. The molecule has 1 unspecified atom stereocenters. The molecule has 0 spiro atoms. The fourth-order valence-electron chi connectivity index (χ4n) is 5.53. The van der Waals surface area contributed by atoms with Gasteiger partial charge >= 0.3 is 17.9 Å². The maximum absolute atomic E-state index is 12.7. The van der Waals surface area contributed by atoms with Gasteiger partial charge in [-0.1, -0.05) is 158 Å². The van der Waals surface area contributed by atoms with E-state index < -0.39 is 6.10 Å². The summed E-state index contributed by atoms with van der Waals surface area (Å²) in [7, 11) is 0. The number of ether oxygens (including phenoxy) is 3. The van der Waals surface area contributed by atoms with Crippen LogP contribution < -0.4 is 0 Å². The van der Waals surface area contributed by atoms with Crippen molar-refractivity contribution in [1.29, 1.82) is 0 Å². The highest BCUT2D eigenvalue weighted by Gasteiger charge is 2.19. The molecule has 0 N–H and O–H groups in total. The minimum atomic E-state index is -0.799. The Bertz CT molecular complexity index is 1030. The van der Waals surface area contributed by atoms with Gasteiger partial charge in [0.25, 0.3) is 0 Å². The van der Waals surface area contributed by atoms with Gasteiger partial charge in [-0.3, -0.25) is 14.4 Å². The number of unbranched alkanes of at least 4 members (excludes halogenated alkanes) is 14. The largest absolute Gasteiger partial charge is 0.462 e. The average Bonchev–Trinajstić information content (AvgIpc) is 3.15. The van der Waals surface area contributed by atoms with Gasteiger partial charge in [0, 0.05) is 19.3 Å². The van der Waals surface area contributed by atoms with Crippen LogP contribution in [0.15, 0.2) is 72.9 Å². The zero-order valence-electron chi connectivity index (χ0n) is 34.3. The normalized spacial score (nSPS) is 12.7. The van der Waals surface area contributed by atoms with Crippen LogP contribution in [0.2, 0.25) is 0 Å². The van der Waals surface area contributed by atoms with Gasteiger partial charge in [0.1, 0.15) is 13.2 Å². The smallest absolute Gasteiger partial charge is 0.306 e. The van der Waals surface area contributed by atoms with Gasteiger partial charge in [-0.25, -0.2) is 0 Å². The Morgan fingerprint density at radius 2 is 0.736 bits per heavy atom. The van der Waals surface area contributed by atoms with E-state index in [4.69, 9.17) is 14.2 Å². The molecular weight excluding hydrogens is 661 g/mol. The third-order valence-electron chi connectivity index (χ3n) is 8.71. The summed E-state index contributed by atoms with van der Waals surface area (Å²) in [6, 6.07) is 0. The molecular formula is C47H78O6. The van der Waals surface area contributed by atoms with Crippen molar-refractivity contribution in [2.75, 3.05) is 13.2 Å². The van der Waals surface area contributed by atoms with Gasteiger partial charge in [0.05, 0.1) is 0 Å². The van der Waals surface area contributed by atoms with Gasteiger partial charge < -0.3 is 14.2 Å². The Morgan fingerprint density at radius 1 is 0.396 bits per heavy atom. The summed E-state index contributed by atoms with van der Waals surface area (Å²) in [5.74, 6) is -0.973. The van der Waals surface area contributed by atoms with Crippen molar-refractivity contribution >= 4 is 17.9 Å². The molecule has 0 fully saturated rings. The second-order valence-electron chi connectivity index (χ2n) is 13.8. The Kier molecular flexibility index (Phi) is 39.1. The Hall–Kier alpha value is -3.15. The molecule has 0 heterocycles. The molecule has 0 saturated heterocycles. The Balaban J connectivity index is 4.47. The summed E-state index contributed by atoms with van der Waals surface area (Å²) in [6.45, 7) is 6.30.